The lowest BCUT2D eigenvalue weighted by Gasteiger charge is -2.22. The third-order valence-electron chi connectivity index (χ3n) is 3.79. The monoisotopic (exact) mass is 283 g/mol. The molecule has 0 spiro atoms. The summed E-state index contributed by atoms with van der Waals surface area (Å²) in [6.07, 6.45) is 6.15. The van der Waals surface area contributed by atoms with Gasteiger partial charge < -0.3 is 4.90 Å². The van der Waals surface area contributed by atoms with Crippen LogP contribution in [-0.4, -0.2) is 32.8 Å². The summed E-state index contributed by atoms with van der Waals surface area (Å²) < 4.78 is 1.87. The summed E-state index contributed by atoms with van der Waals surface area (Å²) in [6.45, 7) is 11.1. The molecule has 1 saturated carbocycles. The zero-order valence-corrected chi connectivity index (χ0v) is 12.7. The van der Waals surface area contributed by atoms with Crippen LogP contribution < -0.4 is 4.90 Å². The van der Waals surface area contributed by atoms with Gasteiger partial charge in [0.25, 0.3) is 0 Å². The summed E-state index contributed by atoms with van der Waals surface area (Å²) in [7, 11) is 1.94. The first-order valence-electron chi connectivity index (χ1n) is 7.33. The molecular formula is C16H21N5. The molecule has 1 aliphatic rings. The third kappa shape index (κ3) is 2.44. The van der Waals surface area contributed by atoms with E-state index in [9.17, 15) is 0 Å². The van der Waals surface area contributed by atoms with Gasteiger partial charge in [0.1, 0.15) is 16.9 Å². The second-order valence-corrected chi connectivity index (χ2v) is 5.57. The number of fused-ring (bicyclic) bond motifs is 1. The quantitative estimate of drug-likeness (QED) is 0.765. The normalized spacial score (nSPS) is 14.4. The fourth-order valence-corrected chi connectivity index (χ4v) is 2.64. The standard InChI is InChI=1S/C16H21N5/c1-5-9-21(10-6-2)16-14-13(11(3)19-20(14)4)17-15(18-16)12-7-8-12/h5-6,12H,1-2,7-10H2,3-4H3. The average Bonchev–Trinajstić information content (AvgIpc) is 3.26. The molecule has 2 aromatic rings. The van der Waals surface area contributed by atoms with Crippen LogP contribution in [0.5, 0.6) is 0 Å². The summed E-state index contributed by atoms with van der Waals surface area (Å²) in [5.74, 6) is 2.40. The van der Waals surface area contributed by atoms with Gasteiger partial charge in [0.05, 0.1) is 5.69 Å². The molecular weight excluding hydrogens is 262 g/mol. The Morgan fingerprint density at radius 2 is 1.90 bits per heavy atom. The number of aryl methyl sites for hydroxylation is 2. The van der Waals surface area contributed by atoms with Gasteiger partial charge in [-0.2, -0.15) is 5.10 Å². The minimum Gasteiger partial charge on any atom is -0.347 e. The maximum absolute atomic E-state index is 4.83. The molecule has 0 bridgehead atoms. The molecule has 0 radical (unpaired) electrons. The van der Waals surface area contributed by atoms with Crippen molar-refractivity contribution in [2.45, 2.75) is 25.7 Å². The Balaban J connectivity index is 2.21. The van der Waals surface area contributed by atoms with Crippen LogP contribution in [0, 0.1) is 6.92 Å². The van der Waals surface area contributed by atoms with E-state index in [0.29, 0.717) is 5.92 Å². The SMILES string of the molecule is C=CCN(CC=C)c1nc(C2CC2)nc2c(C)nn(C)c12. The molecule has 5 heteroatoms. The number of aromatic nitrogens is 4. The van der Waals surface area contributed by atoms with Crippen LogP contribution in [0.4, 0.5) is 5.82 Å². The van der Waals surface area contributed by atoms with Gasteiger partial charge in [0.15, 0.2) is 5.82 Å². The minimum atomic E-state index is 0.516. The van der Waals surface area contributed by atoms with Gasteiger partial charge >= 0.3 is 0 Å². The number of anilines is 1. The van der Waals surface area contributed by atoms with Crippen LogP contribution in [0.2, 0.25) is 0 Å². The second-order valence-electron chi connectivity index (χ2n) is 5.57. The summed E-state index contributed by atoms with van der Waals surface area (Å²) in [4.78, 5) is 11.7. The van der Waals surface area contributed by atoms with Gasteiger partial charge in [0, 0.05) is 26.1 Å². The maximum Gasteiger partial charge on any atom is 0.159 e. The van der Waals surface area contributed by atoms with E-state index in [1.165, 1.54) is 12.8 Å². The molecule has 110 valence electrons. The highest BCUT2D eigenvalue weighted by molar-refractivity contribution is 5.88. The Morgan fingerprint density at radius 1 is 1.24 bits per heavy atom. The second kappa shape index (κ2) is 5.31. The highest BCUT2D eigenvalue weighted by Gasteiger charge is 2.29. The van der Waals surface area contributed by atoms with E-state index in [2.05, 4.69) is 23.2 Å². The maximum atomic E-state index is 4.83. The number of hydrogen-bond donors (Lipinski definition) is 0. The molecule has 0 saturated heterocycles. The average molecular weight is 283 g/mol. The Labute approximate surface area is 125 Å². The Morgan fingerprint density at radius 3 is 2.48 bits per heavy atom. The molecule has 1 fully saturated rings. The molecule has 1 aliphatic carbocycles. The lowest BCUT2D eigenvalue weighted by atomic mass is 10.3. The summed E-state index contributed by atoms with van der Waals surface area (Å²) in [5.41, 5.74) is 2.90. The van der Waals surface area contributed by atoms with Crippen molar-refractivity contribution in [3.63, 3.8) is 0 Å². The predicted octanol–water partition coefficient (Wildman–Crippen LogP) is 2.73. The van der Waals surface area contributed by atoms with Crippen LogP contribution in [0.25, 0.3) is 11.0 Å². The lowest BCUT2D eigenvalue weighted by Crippen LogP contribution is -2.25. The topological polar surface area (TPSA) is 46.8 Å². The van der Waals surface area contributed by atoms with Crippen LogP contribution in [0.15, 0.2) is 25.3 Å². The molecule has 0 unspecified atom stereocenters. The highest BCUT2D eigenvalue weighted by Crippen LogP contribution is 2.40. The van der Waals surface area contributed by atoms with Gasteiger partial charge in [-0.15, -0.1) is 13.2 Å². The Bertz CT molecular complexity index is 686. The van der Waals surface area contributed by atoms with E-state index < -0.39 is 0 Å². The van der Waals surface area contributed by atoms with Crippen LogP contribution in [0.3, 0.4) is 0 Å². The van der Waals surface area contributed by atoms with Crippen LogP contribution >= 0.6 is 0 Å². The summed E-state index contributed by atoms with van der Waals surface area (Å²) >= 11 is 0. The van der Waals surface area contributed by atoms with Gasteiger partial charge in [-0.1, -0.05) is 12.2 Å². The molecule has 21 heavy (non-hydrogen) atoms. The molecule has 0 N–H and O–H groups in total. The van der Waals surface area contributed by atoms with E-state index in [1.54, 1.807) is 0 Å². The van der Waals surface area contributed by atoms with Crippen molar-refractivity contribution in [1.82, 2.24) is 19.7 Å². The molecule has 5 nitrogen and oxygen atoms in total. The largest absolute Gasteiger partial charge is 0.347 e. The number of hydrogen-bond acceptors (Lipinski definition) is 4. The van der Waals surface area contributed by atoms with Gasteiger partial charge in [-0.05, 0) is 19.8 Å². The van der Waals surface area contributed by atoms with Crippen molar-refractivity contribution in [2.24, 2.45) is 7.05 Å². The first-order chi connectivity index (χ1) is 10.2. The number of nitrogens with zero attached hydrogens (tertiary/aromatic N) is 5. The number of rotatable bonds is 6. The lowest BCUT2D eigenvalue weighted by molar-refractivity contribution is 0.776. The van der Waals surface area contributed by atoms with Crippen molar-refractivity contribution < 1.29 is 0 Å². The zero-order valence-electron chi connectivity index (χ0n) is 12.7. The van der Waals surface area contributed by atoms with Crippen LogP contribution in [-0.2, 0) is 7.05 Å². The molecule has 2 aromatic heterocycles. The summed E-state index contributed by atoms with van der Waals surface area (Å²) in [6, 6.07) is 0. The molecule has 0 aliphatic heterocycles. The van der Waals surface area contributed by atoms with Crippen LogP contribution in [0.1, 0.15) is 30.3 Å². The summed E-state index contributed by atoms with van der Waals surface area (Å²) in [5, 5.41) is 4.51. The van der Waals surface area contributed by atoms with E-state index in [0.717, 1.165) is 41.5 Å². The first-order valence-corrected chi connectivity index (χ1v) is 7.33. The smallest absolute Gasteiger partial charge is 0.159 e. The Kier molecular flexibility index (Phi) is 3.49. The van der Waals surface area contributed by atoms with Gasteiger partial charge in [-0.25, -0.2) is 9.97 Å². The Hall–Kier alpha value is -2.17. The van der Waals surface area contributed by atoms with Crippen molar-refractivity contribution in [3.8, 4) is 0 Å². The predicted molar refractivity (Wildman–Crippen MR) is 85.6 cm³/mol. The van der Waals surface area contributed by atoms with E-state index in [-0.39, 0.29) is 0 Å². The first kappa shape index (κ1) is 13.8. The van der Waals surface area contributed by atoms with Crippen molar-refractivity contribution in [2.75, 3.05) is 18.0 Å². The molecule has 3 rings (SSSR count). The van der Waals surface area contributed by atoms with E-state index in [1.807, 2.05) is 30.8 Å². The molecule has 2 heterocycles. The highest BCUT2D eigenvalue weighted by atomic mass is 15.3. The fourth-order valence-electron chi connectivity index (χ4n) is 2.64. The zero-order chi connectivity index (χ0) is 15.0. The van der Waals surface area contributed by atoms with Gasteiger partial charge in [0.2, 0.25) is 0 Å². The third-order valence-corrected chi connectivity index (χ3v) is 3.79. The molecule has 0 atom stereocenters. The minimum absolute atomic E-state index is 0.516. The fraction of sp³-hybridized carbons (Fsp3) is 0.438. The van der Waals surface area contributed by atoms with E-state index in [4.69, 9.17) is 9.97 Å². The van der Waals surface area contributed by atoms with Crippen molar-refractivity contribution >= 4 is 16.9 Å². The molecule has 0 aromatic carbocycles. The van der Waals surface area contributed by atoms with E-state index >= 15 is 0 Å². The van der Waals surface area contributed by atoms with Crippen molar-refractivity contribution in [3.05, 3.63) is 36.8 Å². The van der Waals surface area contributed by atoms with Gasteiger partial charge in [-0.3, -0.25) is 4.68 Å². The van der Waals surface area contributed by atoms with Crippen molar-refractivity contribution in [1.29, 1.82) is 0 Å². The molecule has 0 amide bonds.